The molecule has 2 amide bonds. The van der Waals surface area contributed by atoms with Crippen LogP contribution in [0.25, 0.3) is 0 Å². The molecule has 0 unspecified atom stereocenters. The number of ether oxygens (including phenoxy) is 4. The van der Waals surface area contributed by atoms with Gasteiger partial charge in [0.1, 0.15) is 0 Å². The summed E-state index contributed by atoms with van der Waals surface area (Å²) in [6.45, 7) is 8.98. The van der Waals surface area contributed by atoms with Gasteiger partial charge in [0.25, 0.3) is 0 Å². The summed E-state index contributed by atoms with van der Waals surface area (Å²) < 4.78 is 21.1. The number of carbonyl (C=O) groups excluding carboxylic acids is 4. The number of benzene rings is 1. The maximum Gasteiger partial charge on any atom is 0.407 e. The number of carbonyl (C=O) groups is 4. The first-order valence-electron chi connectivity index (χ1n) is 14.8. The molecular formula is C32H44N2O8. The van der Waals surface area contributed by atoms with Gasteiger partial charge in [-0.2, -0.15) is 0 Å². The van der Waals surface area contributed by atoms with Crippen LogP contribution in [0, 0.1) is 23.7 Å². The Morgan fingerprint density at radius 3 is 1.29 bits per heavy atom. The van der Waals surface area contributed by atoms with Gasteiger partial charge in [0.2, 0.25) is 0 Å². The second-order valence-corrected chi connectivity index (χ2v) is 11.2. The van der Waals surface area contributed by atoms with Gasteiger partial charge >= 0.3 is 24.1 Å². The zero-order valence-electron chi connectivity index (χ0n) is 24.4. The Bertz CT molecular complexity index is 979. The normalized spacial score (nSPS) is 21.7. The van der Waals surface area contributed by atoms with Crippen LogP contribution >= 0.6 is 0 Å². The lowest BCUT2D eigenvalue weighted by Crippen LogP contribution is -2.29. The van der Waals surface area contributed by atoms with Crippen molar-refractivity contribution in [3.05, 3.63) is 60.7 Å². The lowest BCUT2D eigenvalue weighted by atomic mass is 9.83. The van der Waals surface area contributed by atoms with Gasteiger partial charge in [0, 0.05) is 25.2 Å². The second kappa shape index (κ2) is 17.9. The monoisotopic (exact) mass is 584 g/mol. The van der Waals surface area contributed by atoms with E-state index in [-0.39, 0.29) is 0 Å². The summed E-state index contributed by atoms with van der Waals surface area (Å²) in [7, 11) is 0. The van der Waals surface area contributed by atoms with Crippen molar-refractivity contribution in [3.8, 4) is 0 Å². The van der Waals surface area contributed by atoms with E-state index >= 15 is 0 Å². The van der Waals surface area contributed by atoms with E-state index in [9.17, 15) is 19.2 Å². The Morgan fingerprint density at radius 1 is 0.619 bits per heavy atom. The van der Waals surface area contributed by atoms with Crippen LogP contribution in [0.1, 0.15) is 62.5 Å². The van der Waals surface area contributed by atoms with Gasteiger partial charge in [-0.1, -0.05) is 37.4 Å². The van der Waals surface area contributed by atoms with Crippen molar-refractivity contribution < 1.29 is 38.1 Å². The van der Waals surface area contributed by atoms with Crippen LogP contribution in [0.2, 0.25) is 0 Å². The molecule has 0 atom stereocenters. The minimum absolute atomic E-state index is 0.306. The Morgan fingerprint density at radius 2 is 0.952 bits per heavy atom. The Hall–Kier alpha value is -3.82. The van der Waals surface area contributed by atoms with Crippen LogP contribution in [0.3, 0.4) is 0 Å². The van der Waals surface area contributed by atoms with Crippen molar-refractivity contribution in [1.29, 1.82) is 0 Å². The molecule has 3 rings (SSSR count). The fraction of sp³-hybridized carbons (Fsp3) is 0.562. The molecule has 1 aromatic carbocycles. The lowest BCUT2D eigenvalue weighted by molar-refractivity contribution is -0.140. The van der Waals surface area contributed by atoms with Crippen molar-refractivity contribution in [2.45, 2.75) is 64.5 Å². The van der Waals surface area contributed by atoms with Crippen LogP contribution in [0.5, 0.6) is 0 Å². The molecule has 2 saturated carbocycles. The average molecular weight is 585 g/mol. The van der Waals surface area contributed by atoms with Gasteiger partial charge in [-0.15, -0.1) is 0 Å². The van der Waals surface area contributed by atoms with Crippen molar-refractivity contribution in [3.63, 3.8) is 0 Å². The van der Waals surface area contributed by atoms with Gasteiger partial charge < -0.3 is 29.6 Å². The summed E-state index contributed by atoms with van der Waals surface area (Å²) in [5.74, 6) is 0.510. The minimum Gasteiger partial charge on any atom is -0.462 e. The highest BCUT2D eigenvalue weighted by molar-refractivity contribution is 5.81. The van der Waals surface area contributed by atoms with E-state index in [1.54, 1.807) is 0 Å². The van der Waals surface area contributed by atoms with Crippen LogP contribution in [-0.4, -0.2) is 50.6 Å². The summed E-state index contributed by atoms with van der Waals surface area (Å²) in [4.78, 5) is 46.9. The van der Waals surface area contributed by atoms with Gasteiger partial charge in [-0.05, 0) is 86.2 Å². The number of alkyl carbamates (subject to hydrolysis) is 2. The fourth-order valence-corrected chi connectivity index (χ4v) is 5.33. The van der Waals surface area contributed by atoms with Crippen LogP contribution < -0.4 is 10.6 Å². The molecule has 0 saturated heterocycles. The van der Waals surface area contributed by atoms with E-state index in [0.29, 0.717) is 63.2 Å². The molecule has 2 aliphatic carbocycles. The Kier molecular flexibility index (Phi) is 13.9. The van der Waals surface area contributed by atoms with Gasteiger partial charge in [0.05, 0.1) is 26.4 Å². The standard InChI is InChI=1S/C32H44N2O8/c1-3-29(35)39-19-23-8-12-25(13-9-23)21-41-31(37)33-17-27-6-5-7-28(16-27)18-34-32(38)42-22-26-14-10-24(11-15-26)20-40-30(36)4-2/h3-7,16,23-26H,1-2,8-15,17-22H2,(H,33,37)(H,34,38). The first kappa shape index (κ1) is 32.7. The first-order chi connectivity index (χ1) is 20.3. The molecule has 42 heavy (non-hydrogen) atoms. The highest BCUT2D eigenvalue weighted by Crippen LogP contribution is 2.30. The summed E-state index contributed by atoms with van der Waals surface area (Å²) >= 11 is 0. The average Bonchev–Trinajstić information content (AvgIpc) is 3.03. The van der Waals surface area contributed by atoms with Crippen LogP contribution in [0.4, 0.5) is 9.59 Å². The van der Waals surface area contributed by atoms with E-state index in [0.717, 1.165) is 62.5 Å². The Labute approximate surface area is 248 Å². The molecule has 230 valence electrons. The van der Waals surface area contributed by atoms with Crippen LogP contribution in [0.15, 0.2) is 49.6 Å². The predicted molar refractivity (Wildman–Crippen MR) is 156 cm³/mol. The molecule has 1 aromatic rings. The Balaban J connectivity index is 1.25. The van der Waals surface area contributed by atoms with Crippen molar-refractivity contribution >= 4 is 24.1 Å². The van der Waals surface area contributed by atoms with E-state index in [2.05, 4.69) is 23.8 Å². The third-order valence-electron chi connectivity index (χ3n) is 7.95. The molecule has 0 radical (unpaired) electrons. The molecule has 0 spiro atoms. The van der Waals surface area contributed by atoms with E-state index in [1.165, 1.54) is 12.2 Å². The topological polar surface area (TPSA) is 129 Å². The maximum atomic E-state index is 12.2. The van der Waals surface area contributed by atoms with E-state index in [4.69, 9.17) is 18.9 Å². The summed E-state index contributed by atoms with van der Waals surface area (Å²) in [6.07, 6.45) is 8.88. The van der Waals surface area contributed by atoms with E-state index in [1.807, 2.05) is 24.3 Å². The molecule has 2 fully saturated rings. The first-order valence-corrected chi connectivity index (χ1v) is 14.8. The number of hydrogen-bond donors (Lipinski definition) is 2. The lowest BCUT2D eigenvalue weighted by Gasteiger charge is -2.27. The predicted octanol–water partition coefficient (Wildman–Crippen LogP) is 5.21. The molecule has 2 aliphatic rings. The number of esters is 2. The SMILES string of the molecule is C=CC(=O)OCC1CCC(COC(=O)NCc2cccc(CNC(=O)OCC3CCC(COC(=O)C=C)CC3)c2)CC1. The molecule has 0 bridgehead atoms. The van der Waals surface area contributed by atoms with Gasteiger partial charge in [-0.25, -0.2) is 19.2 Å². The third kappa shape index (κ3) is 12.4. The highest BCUT2D eigenvalue weighted by atomic mass is 16.6. The minimum atomic E-state index is -0.462. The molecule has 0 aliphatic heterocycles. The number of hydrogen-bond acceptors (Lipinski definition) is 8. The molecule has 0 heterocycles. The summed E-state index contributed by atoms with van der Waals surface area (Å²) in [5, 5.41) is 5.57. The molecule has 0 aromatic heterocycles. The van der Waals surface area contributed by atoms with Gasteiger partial charge in [-0.3, -0.25) is 0 Å². The number of nitrogens with one attached hydrogen (secondary N) is 2. The van der Waals surface area contributed by atoms with E-state index < -0.39 is 24.1 Å². The molecule has 10 heteroatoms. The highest BCUT2D eigenvalue weighted by Gasteiger charge is 2.24. The van der Waals surface area contributed by atoms with Crippen molar-refractivity contribution in [2.75, 3.05) is 26.4 Å². The zero-order valence-corrected chi connectivity index (χ0v) is 24.4. The third-order valence-corrected chi connectivity index (χ3v) is 7.95. The quantitative estimate of drug-likeness (QED) is 0.173. The van der Waals surface area contributed by atoms with Gasteiger partial charge in [0.15, 0.2) is 0 Å². The molecular weight excluding hydrogens is 540 g/mol. The number of amides is 2. The molecule has 10 nitrogen and oxygen atoms in total. The fourth-order valence-electron chi connectivity index (χ4n) is 5.33. The van der Waals surface area contributed by atoms with Crippen molar-refractivity contribution in [2.24, 2.45) is 23.7 Å². The van der Waals surface area contributed by atoms with Crippen molar-refractivity contribution in [1.82, 2.24) is 10.6 Å². The zero-order chi connectivity index (χ0) is 30.2. The largest absolute Gasteiger partial charge is 0.462 e. The number of rotatable bonds is 14. The summed E-state index contributed by atoms with van der Waals surface area (Å²) in [5.41, 5.74) is 1.79. The summed E-state index contributed by atoms with van der Waals surface area (Å²) in [6, 6.07) is 7.59. The van der Waals surface area contributed by atoms with Crippen LogP contribution in [-0.2, 0) is 41.6 Å². The smallest absolute Gasteiger partial charge is 0.407 e. The second-order valence-electron chi connectivity index (χ2n) is 11.2. The molecule has 2 N–H and O–H groups in total. The maximum absolute atomic E-state index is 12.2.